The lowest BCUT2D eigenvalue weighted by atomic mass is 10.1. The lowest BCUT2D eigenvalue weighted by molar-refractivity contribution is 0.102. The van der Waals surface area contributed by atoms with Crippen LogP contribution in [0.25, 0.3) is 0 Å². The molecule has 0 radical (unpaired) electrons. The zero-order valence-electron chi connectivity index (χ0n) is 11.6. The monoisotopic (exact) mass is 336 g/mol. The maximum atomic E-state index is 12.6. The molecule has 0 unspecified atom stereocenters. The maximum absolute atomic E-state index is 12.6. The summed E-state index contributed by atoms with van der Waals surface area (Å²) < 4.78 is 7.96. The van der Waals surface area contributed by atoms with Crippen molar-refractivity contribution in [3.8, 4) is 5.75 Å². The molecule has 0 N–H and O–H groups in total. The van der Waals surface area contributed by atoms with Gasteiger partial charge in [-0.05, 0) is 41.4 Å². The van der Waals surface area contributed by atoms with Crippen LogP contribution in [0.5, 0.6) is 5.75 Å². The van der Waals surface area contributed by atoms with Crippen molar-refractivity contribution in [3.63, 3.8) is 0 Å². The zero-order valence-corrected chi connectivity index (χ0v) is 13.2. The van der Waals surface area contributed by atoms with E-state index in [0.717, 1.165) is 12.2 Å². The lowest BCUT2D eigenvalue weighted by Crippen LogP contribution is -2.11. The summed E-state index contributed by atoms with van der Waals surface area (Å²) in [6.45, 7) is 5.30. The molecule has 4 nitrogen and oxygen atoms in total. The number of hydrogen-bond donors (Lipinski definition) is 0. The Hall–Kier alpha value is -1.62. The molecule has 0 aliphatic heterocycles. The summed E-state index contributed by atoms with van der Waals surface area (Å²) in [5.74, 6) is 0.662. The third-order valence-corrected chi connectivity index (χ3v) is 3.46. The topological polar surface area (TPSA) is 44.1 Å². The van der Waals surface area contributed by atoms with Crippen molar-refractivity contribution < 1.29 is 9.53 Å². The van der Waals surface area contributed by atoms with Crippen LogP contribution in [0, 0.1) is 0 Å². The second-order valence-corrected chi connectivity index (χ2v) is 5.22. The number of aryl methyl sites for hydroxylation is 1. The highest BCUT2D eigenvalue weighted by Gasteiger charge is 2.18. The van der Waals surface area contributed by atoms with Crippen molar-refractivity contribution in [2.24, 2.45) is 0 Å². The van der Waals surface area contributed by atoms with Crippen LogP contribution in [0.3, 0.4) is 0 Å². The molecule has 0 fully saturated rings. The fraction of sp³-hybridized carbons (Fsp3) is 0.333. The normalized spacial score (nSPS) is 10.6. The highest BCUT2D eigenvalue weighted by atomic mass is 79.9. The van der Waals surface area contributed by atoms with Gasteiger partial charge in [-0.25, -0.2) is 0 Å². The zero-order chi connectivity index (χ0) is 14.5. The standard InChI is InChI=1S/C15H17BrN2O2/c1-3-8-20-12-7-5-6-11(9-12)15(19)14-13(16)10-17-18(14)4-2/h5-7,9-10H,3-4,8H2,1-2H3. The smallest absolute Gasteiger partial charge is 0.212 e. The molecule has 0 atom stereocenters. The number of rotatable bonds is 6. The van der Waals surface area contributed by atoms with Crippen LogP contribution in [0.2, 0.25) is 0 Å². The Bertz CT molecular complexity index is 608. The van der Waals surface area contributed by atoms with Crippen LogP contribution in [-0.4, -0.2) is 22.2 Å². The molecule has 0 aliphatic rings. The van der Waals surface area contributed by atoms with Gasteiger partial charge in [0.05, 0.1) is 17.3 Å². The summed E-state index contributed by atoms with van der Waals surface area (Å²) in [4.78, 5) is 12.6. The molecule has 2 aromatic rings. The number of nitrogens with zero attached hydrogens (tertiary/aromatic N) is 2. The summed E-state index contributed by atoms with van der Waals surface area (Å²) in [5, 5.41) is 4.17. The Kier molecular flexibility index (Phi) is 4.95. The lowest BCUT2D eigenvalue weighted by Gasteiger charge is -2.08. The van der Waals surface area contributed by atoms with Crippen LogP contribution in [-0.2, 0) is 6.54 Å². The van der Waals surface area contributed by atoms with Crippen molar-refractivity contribution >= 4 is 21.7 Å². The van der Waals surface area contributed by atoms with Gasteiger partial charge in [0.2, 0.25) is 5.78 Å². The van der Waals surface area contributed by atoms with E-state index in [-0.39, 0.29) is 5.78 Å². The Balaban J connectivity index is 2.31. The van der Waals surface area contributed by atoms with E-state index in [0.29, 0.717) is 28.9 Å². The minimum Gasteiger partial charge on any atom is -0.494 e. The van der Waals surface area contributed by atoms with Crippen molar-refractivity contribution in [3.05, 3.63) is 46.2 Å². The average molecular weight is 337 g/mol. The number of hydrogen-bond acceptors (Lipinski definition) is 3. The third kappa shape index (κ3) is 3.10. The first-order chi connectivity index (χ1) is 9.67. The van der Waals surface area contributed by atoms with Gasteiger partial charge in [0.1, 0.15) is 11.4 Å². The predicted molar refractivity (Wildman–Crippen MR) is 81.3 cm³/mol. The fourth-order valence-corrected chi connectivity index (χ4v) is 2.39. The first-order valence-corrected chi connectivity index (χ1v) is 7.45. The highest BCUT2D eigenvalue weighted by Crippen LogP contribution is 2.22. The predicted octanol–water partition coefficient (Wildman–Crippen LogP) is 3.69. The quantitative estimate of drug-likeness (QED) is 0.755. The molecule has 0 saturated carbocycles. The van der Waals surface area contributed by atoms with Gasteiger partial charge in [-0.3, -0.25) is 9.48 Å². The van der Waals surface area contributed by atoms with E-state index in [1.165, 1.54) is 0 Å². The summed E-state index contributed by atoms with van der Waals surface area (Å²) in [6.07, 6.45) is 2.58. The van der Waals surface area contributed by atoms with Gasteiger partial charge in [-0.1, -0.05) is 19.1 Å². The fourth-order valence-electron chi connectivity index (χ4n) is 1.91. The average Bonchev–Trinajstić information content (AvgIpc) is 2.85. The Morgan fingerprint density at radius 2 is 2.20 bits per heavy atom. The summed E-state index contributed by atoms with van der Waals surface area (Å²) >= 11 is 3.38. The van der Waals surface area contributed by atoms with E-state index < -0.39 is 0 Å². The number of carbonyl (C=O) groups is 1. The van der Waals surface area contributed by atoms with Crippen LogP contribution in [0.15, 0.2) is 34.9 Å². The third-order valence-electron chi connectivity index (χ3n) is 2.88. The first-order valence-electron chi connectivity index (χ1n) is 6.66. The molecule has 1 aromatic heterocycles. The highest BCUT2D eigenvalue weighted by molar-refractivity contribution is 9.10. The minimum absolute atomic E-state index is 0.0572. The second kappa shape index (κ2) is 6.70. The molecule has 0 amide bonds. The Morgan fingerprint density at radius 3 is 2.90 bits per heavy atom. The van der Waals surface area contributed by atoms with Gasteiger partial charge in [-0.2, -0.15) is 5.10 Å². The number of benzene rings is 1. The Morgan fingerprint density at radius 1 is 1.40 bits per heavy atom. The van der Waals surface area contributed by atoms with Gasteiger partial charge in [0.25, 0.3) is 0 Å². The van der Waals surface area contributed by atoms with E-state index in [1.807, 2.05) is 26.0 Å². The molecule has 0 saturated heterocycles. The van der Waals surface area contributed by atoms with E-state index in [2.05, 4.69) is 21.0 Å². The molecule has 0 spiro atoms. The molecule has 1 heterocycles. The number of ketones is 1. The van der Waals surface area contributed by atoms with Crippen LogP contribution in [0.1, 0.15) is 36.3 Å². The summed E-state index contributed by atoms with van der Waals surface area (Å²) in [6, 6.07) is 7.26. The van der Waals surface area contributed by atoms with Crippen LogP contribution in [0.4, 0.5) is 0 Å². The number of aromatic nitrogens is 2. The van der Waals surface area contributed by atoms with Crippen LogP contribution >= 0.6 is 15.9 Å². The molecule has 5 heteroatoms. The van der Waals surface area contributed by atoms with Crippen molar-refractivity contribution in [2.45, 2.75) is 26.8 Å². The molecule has 0 bridgehead atoms. The van der Waals surface area contributed by atoms with E-state index in [1.54, 1.807) is 23.0 Å². The molecule has 20 heavy (non-hydrogen) atoms. The second-order valence-electron chi connectivity index (χ2n) is 4.36. The largest absolute Gasteiger partial charge is 0.494 e. The number of halogens is 1. The maximum Gasteiger partial charge on any atom is 0.212 e. The SMILES string of the molecule is CCCOc1cccc(C(=O)c2c(Br)cnn2CC)c1. The summed E-state index contributed by atoms with van der Waals surface area (Å²) in [7, 11) is 0. The van der Waals surface area contributed by atoms with Gasteiger partial charge >= 0.3 is 0 Å². The van der Waals surface area contributed by atoms with Gasteiger partial charge in [0, 0.05) is 12.1 Å². The molecule has 1 aromatic carbocycles. The van der Waals surface area contributed by atoms with E-state index >= 15 is 0 Å². The van der Waals surface area contributed by atoms with Crippen molar-refractivity contribution in [1.82, 2.24) is 9.78 Å². The molecule has 0 aliphatic carbocycles. The summed E-state index contributed by atoms with van der Waals surface area (Å²) in [5.41, 5.74) is 1.18. The van der Waals surface area contributed by atoms with Gasteiger partial charge in [0.15, 0.2) is 0 Å². The van der Waals surface area contributed by atoms with Crippen molar-refractivity contribution in [2.75, 3.05) is 6.61 Å². The minimum atomic E-state index is -0.0572. The molecular formula is C15H17BrN2O2. The van der Waals surface area contributed by atoms with Gasteiger partial charge < -0.3 is 4.74 Å². The van der Waals surface area contributed by atoms with Crippen LogP contribution < -0.4 is 4.74 Å². The van der Waals surface area contributed by atoms with Crippen molar-refractivity contribution in [1.29, 1.82) is 0 Å². The first kappa shape index (κ1) is 14.8. The molecular weight excluding hydrogens is 320 g/mol. The number of carbonyl (C=O) groups excluding carboxylic acids is 1. The van der Waals surface area contributed by atoms with E-state index in [4.69, 9.17) is 4.74 Å². The Labute approximate surface area is 126 Å². The number of ether oxygens (including phenoxy) is 1. The molecule has 2 rings (SSSR count). The van der Waals surface area contributed by atoms with E-state index in [9.17, 15) is 4.79 Å². The molecule has 106 valence electrons. The van der Waals surface area contributed by atoms with Gasteiger partial charge in [-0.15, -0.1) is 0 Å².